The predicted molar refractivity (Wildman–Crippen MR) is 141 cm³/mol. The van der Waals surface area contributed by atoms with Gasteiger partial charge in [-0.3, -0.25) is 4.79 Å². The molecular weight excluding hydrogens is 532 g/mol. The summed E-state index contributed by atoms with van der Waals surface area (Å²) in [6, 6.07) is 10.6. The fraction of sp³-hybridized carbons (Fsp3) is 0.379. The van der Waals surface area contributed by atoms with Crippen molar-refractivity contribution in [2.45, 2.75) is 50.9 Å². The summed E-state index contributed by atoms with van der Waals surface area (Å²) < 4.78 is 67.8. The number of halogens is 4. The van der Waals surface area contributed by atoms with Gasteiger partial charge in [0.05, 0.1) is 25.1 Å². The van der Waals surface area contributed by atoms with Crippen molar-refractivity contribution in [3.05, 3.63) is 76.7 Å². The fourth-order valence-corrected chi connectivity index (χ4v) is 4.04. The largest absolute Gasteiger partial charge is 0.493 e. The number of pyridine rings is 1. The Hall–Kier alpha value is -3.54. The third-order valence-electron chi connectivity index (χ3n) is 6.46. The van der Waals surface area contributed by atoms with Crippen molar-refractivity contribution in [1.82, 2.24) is 4.98 Å². The zero-order valence-corrected chi connectivity index (χ0v) is 22.6. The maximum atomic E-state index is 14.5. The summed E-state index contributed by atoms with van der Waals surface area (Å²) in [5, 5.41) is 20.1. The first-order chi connectivity index (χ1) is 18.6. The Kier molecular flexibility index (Phi) is 9.23. The van der Waals surface area contributed by atoms with E-state index in [9.17, 15) is 27.5 Å². The van der Waals surface area contributed by atoms with Gasteiger partial charge >= 0.3 is 6.18 Å². The number of carbonyl (C=O) groups excluding carboxylic acids is 1. The number of alkyl halides is 3. The van der Waals surface area contributed by atoms with E-state index in [0.29, 0.717) is 5.56 Å². The van der Waals surface area contributed by atoms with E-state index in [1.54, 1.807) is 13.8 Å². The monoisotopic (exact) mass is 564 g/mol. The molecule has 0 unspecified atom stereocenters. The van der Waals surface area contributed by atoms with Crippen molar-refractivity contribution < 1.29 is 42.0 Å². The number of carbonyl (C=O) groups is 1. The van der Waals surface area contributed by atoms with Crippen molar-refractivity contribution in [3.63, 3.8) is 0 Å². The van der Waals surface area contributed by atoms with E-state index in [1.165, 1.54) is 56.5 Å². The van der Waals surface area contributed by atoms with E-state index in [1.807, 2.05) is 0 Å². The summed E-state index contributed by atoms with van der Waals surface area (Å²) in [5.41, 5.74) is 1.83. The van der Waals surface area contributed by atoms with Crippen molar-refractivity contribution in [2.24, 2.45) is 5.73 Å². The number of methoxy groups -OCH3 is 1. The van der Waals surface area contributed by atoms with E-state index < -0.39 is 47.5 Å². The molecule has 0 saturated heterocycles. The van der Waals surface area contributed by atoms with Crippen LogP contribution in [0, 0.1) is 12.7 Å². The average Bonchev–Trinajstić information content (AvgIpc) is 2.90. The smallest absolute Gasteiger partial charge is 0.422 e. The predicted octanol–water partition coefficient (Wildman–Crippen LogP) is 5.18. The minimum atomic E-state index is -5.20. The molecule has 3 rings (SSSR count). The highest BCUT2D eigenvalue weighted by Crippen LogP contribution is 2.43. The lowest BCUT2D eigenvalue weighted by Gasteiger charge is -2.32. The Balaban J connectivity index is 2.02. The lowest BCUT2D eigenvalue weighted by atomic mass is 9.86. The standard InChI is InChI=1S/C29H32F4N2O5/c1-17-13-18(5-7-21(17)30)22-15-20(27(2,3)34)16-26(35-22)28(38,29(31,32)33)10-9-23(37)19-6-8-24(40-12-11-36)25(14-19)39-4/h5-8,13-16,36,38H,9-12,34H2,1-4H3/t28-/m1/s1. The number of nitrogens with two attached hydrogens (primary N) is 1. The van der Waals surface area contributed by atoms with Crippen LogP contribution in [0.2, 0.25) is 0 Å². The van der Waals surface area contributed by atoms with Gasteiger partial charge in [0, 0.05) is 23.1 Å². The van der Waals surface area contributed by atoms with E-state index in [0.717, 1.165) is 6.07 Å². The molecule has 4 N–H and O–H groups in total. The van der Waals surface area contributed by atoms with E-state index in [-0.39, 0.29) is 47.1 Å². The van der Waals surface area contributed by atoms with Crippen molar-refractivity contribution in [1.29, 1.82) is 0 Å². The molecule has 11 heteroatoms. The lowest BCUT2D eigenvalue weighted by molar-refractivity contribution is -0.270. The molecule has 0 aliphatic heterocycles. The minimum Gasteiger partial charge on any atom is -0.493 e. The second-order valence-electron chi connectivity index (χ2n) is 10.0. The lowest BCUT2D eigenvalue weighted by Crippen LogP contribution is -2.44. The van der Waals surface area contributed by atoms with Crippen LogP contribution in [0.4, 0.5) is 17.6 Å². The summed E-state index contributed by atoms with van der Waals surface area (Å²) in [6.45, 7) is 4.41. The van der Waals surface area contributed by atoms with Gasteiger partial charge in [0.2, 0.25) is 5.60 Å². The van der Waals surface area contributed by atoms with Crippen LogP contribution in [0.5, 0.6) is 11.5 Å². The number of nitrogens with zero attached hydrogens (tertiary/aromatic N) is 1. The van der Waals surface area contributed by atoms with Gasteiger partial charge in [-0.15, -0.1) is 0 Å². The van der Waals surface area contributed by atoms with Crippen LogP contribution in [-0.2, 0) is 11.1 Å². The number of ether oxygens (including phenoxy) is 2. The first-order valence-electron chi connectivity index (χ1n) is 12.4. The topological polar surface area (TPSA) is 115 Å². The molecule has 0 bridgehead atoms. The molecule has 40 heavy (non-hydrogen) atoms. The number of aromatic nitrogens is 1. The Labute approximate surface area is 229 Å². The van der Waals surface area contributed by atoms with Crippen LogP contribution < -0.4 is 15.2 Å². The Bertz CT molecular complexity index is 1370. The zero-order valence-electron chi connectivity index (χ0n) is 22.6. The number of aliphatic hydroxyl groups excluding tert-OH is 1. The molecule has 0 amide bonds. The van der Waals surface area contributed by atoms with Gasteiger partial charge < -0.3 is 25.4 Å². The average molecular weight is 565 g/mol. The SMILES string of the molecule is COc1cc(C(=O)CC[C@@](O)(c2cc(C(C)(C)N)cc(-c3ccc(F)c(C)c3)n2)C(F)(F)F)ccc1OCCO. The number of ketones is 1. The number of aryl methyl sites for hydroxylation is 1. The van der Waals surface area contributed by atoms with Gasteiger partial charge in [-0.1, -0.05) is 0 Å². The highest BCUT2D eigenvalue weighted by atomic mass is 19.4. The molecule has 1 aromatic heterocycles. The molecule has 0 aliphatic rings. The molecule has 2 aromatic carbocycles. The maximum Gasteiger partial charge on any atom is 0.422 e. The summed E-state index contributed by atoms with van der Waals surface area (Å²) in [5.74, 6) is -0.772. The first-order valence-corrected chi connectivity index (χ1v) is 12.4. The van der Waals surface area contributed by atoms with Crippen LogP contribution in [-0.4, -0.2) is 47.5 Å². The molecule has 0 saturated carbocycles. The molecule has 1 heterocycles. The zero-order chi connectivity index (χ0) is 29.9. The van der Waals surface area contributed by atoms with Crippen LogP contribution >= 0.6 is 0 Å². The van der Waals surface area contributed by atoms with Crippen LogP contribution in [0.3, 0.4) is 0 Å². The molecule has 0 radical (unpaired) electrons. The molecular formula is C29H32F4N2O5. The summed E-state index contributed by atoms with van der Waals surface area (Å²) >= 11 is 0. The number of Topliss-reactive ketones (excluding diaryl/α,β-unsaturated/α-hetero) is 1. The van der Waals surface area contributed by atoms with Crippen LogP contribution in [0.1, 0.15) is 53.9 Å². The number of aliphatic hydroxyl groups is 2. The first kappa shape index (κ1) is 31.0. The highest BCUT2D eigenvalue weighted by Gasteiger charge is 2.56. The molecule has 216 valence electrons. The minimum absolute atomic E-state index is 0.0204. The van der Waals surface area contributed by atoms with Crippen molar-refractivity contribution in [3.8, 4) is 22.8 Å². The normalized spacial score (nSPS) is 13.6. The molecule has 0 spiro atoms. The van der Waals surface area contributed by atoms with Gasteiger partial charge in [-0.2, -0.15) is 13.2 Å². The summed E-state index contributed by atoms with van der Waals surface area (Å²) in [6.07, 6.45) is -6.91. The van der Waals surface area contributed by atoms with E-state index >= 15 is 0 Å². The maximum absolute atomic E-state index is 14.5. The van der Waals surface area contributed by atoms with Gasteiger partial charge in [0.25, 0.3) is 0 Å². The quantitative estimate of drug-likeness (QED) is 0.217. The van der Waals surface area contributed by atoms with Crippen molar-refractivity contribution >= 4 is 5.78 Å². The summed E-state index contributed by atoms with van der Waals surface area (Å²) in [7, 11) is 1.33. The molecule has 0 aliphatic carbocycles. The molecule has 7 nitrogen and oxygen atoms in total. The fourth-order valence-electron chi connectivity index (χ4n) is 4.04. The van der Waals surface area contributed by atoms with Gasteiger partial charge in [0.1, 0.15) is 12.4 Å². The molecule has 3 aromatic rings. The van der Waals surface area contributed by atoms with Crippen LogP contribution in [0.25, 0.3) is 11.3 Å². The number of benzene rings is 2. The number of hydrogen-bond acceptors (Lipinski definition) is 7. The number of hydrogen-bond donors (Lipinski definition) is 3. The summed E-state index contributed by atoms with van der Waals surface area (Å²) in [4.78, 5) is 17.1. The van der Waals surface area contributed by atoms with Crippen molar-refractivity contribution in [2.75, 3.05) is 20.3 Å². The number of rotatable bonds is 11. The van der Waals surface area contributed by atoms with Crippen LogP contribution in [0.15, 0.2) is 48.5 Å². The second kappa shape index (κ2) is 11.9. The third kappa shape index (κ3) is 6.78. The molecule has 1 atom stereocenters. The van der Waals surface area contributed by atoms with E-state index in [2.05, 4.69) is 4.98 Å². The van der Waals surface area contributed by atoms with Gasteiger partial charge in [-0.05, 0) is 86.8 Å². The van der Waals surface area contributed by atoms with E-state index in [4.69, 9.17) is 20.3 Å². The molecule has 0 fully saturated rings. The Morgan fingerprint density at radius 3 is 2.33 bits per heavy atom. The van der Waals surface area contributed by atoms with Gasteiger partial charge in [0.15, 0.2) is 17.3 Å². The Morgan fingerprint density at radius 1 is 1.05 bits per heavy atom. The highest BCUT2D eigenvalue weighted by molar-refractivity contribution is 5.96. The Morgan fingerprint density at radius 2 is 1.75 bits per heavy atom. The third-order valence-corrected chi connectivity index (χ3v) is 6.46. The second-order valence-corrected chi connectivity index (χ2v) is 10.0. The van der Waals surface area contributed by atoms with Gasteiger partial charge in [-0.25, -0.2) is 9.37 Å².